The molecule has 37 heavy (non-hydrogen) atoms. The number of carboxylic acids is 1. The molecule has 0 saturated heterocycles. The van der Waals surface area contributed by atoms with Crippen molar-refractivity contribution in [1.29, 1.82) is 0 Å². The Morgan fingerprint density at radius 2 is 1.86 bits per heavy atom. The van der Waals surface area contributed by atoms with Crippen LogP contribution in [0.25, 0.3) is 0 Å². The molecule has 2 N–H and O–H groups in total. The van der Waals surface area contributed by atoms with Crippen molar-refractivity contribution in [3.63, 3.8) is 0 Å². The molecule has 194 valence electrons. The van der Waals surface area contributed by atoms with Gasteiger partial charge in [0.05, 0.1) is 18.2 Å². The Morgan fingerprint density at radius 3 is 2.57 bits per heavy atom. The first-order chi connectivity index (χ1) is 17.6. The number of aromatic carboxylic acids is 1. The lowest BCUT2D eigenvalue weighted by atomic mass is 9.87. The summed E-state index contributed by atoms with van der Waals surface area (Å²) in [5.41, 5.74) is 2.31. The van der Waals surface area contributed by atoms with Gasteiger partial charge in [0, 0.05) is 24.0 Å². The van der Waals surface area contributed by atoms with Gasteiger partial charge in [0.2, 0.25) is 0 Å². The lowest BCUT2D eigenvalue weighted by Crippen LogP contribution is -2.47. The largest absolute Gasteiger partial charge is 0.478 e. The van der Waals surface area contributed by atoms with E-state index in [1.54, 1.807) is 41.6 Å². The van der Waals surface area contributed by atoms with Crippen LogP contribution in [0.2, 0.25) is 0 Å². The fraction of sp³-hybridized carbons (Fsp3) is 0.345. The average Bonchev–Trinajstić information content (AvgIpc) is 2.86. The van der Waals surface area contributed by atoms with Gasteiger partial charge in [0.15, 0.2) is 0 Å². The van der Waals surface area contributed by atoms with Crippen LogP contribution in [-0.2, 0) is 17.6 Å². The Hall–Kier alpha value is -3.91. The molecule has 3 aromatic rings. The van der Waals surface area contributed by atoms with Crippen molar-refractivity contribution < 1.29 is 29.3 Å². The van der Waals surface area contributed by atoms with E-state index in [4.69, 9.17) is 9.47 Å². The lowest BCUT2D eigenvalue weighted by molar-refractivity contribution is 0.00191. The molecule has 0 bridgehead atoms. The number of aryl methyl sites for hydroxylation is 1. The summed E-state index contributed by atoms with van der Waals surface area (Å²) in [7, 11) is 0. The molecule has 1 heterocycles. The maximum Gasteiger partial charge on any atom is 0.410 e. The van der Waals surface area contributed by atoms with E-state index in [0.717, 1.165) is 18.4 Å². The van der Waals surface area contributed by atoms with Crippen molar-refractivity contribution in [3.8, 4) is 11.5 Å². The van der Waals surface area contributed by atoms with E-state index in [1.807, 2.05) is 39.0 Å². The number of hydrogen-bond acceptors (Lipinski definition) is 6. The smallest absolute Gasteiger partial charge is 0.410 e. The number of nitrogens with zero attached hydrogens (tertiary/aromatic N) is 2. The van der Waals surface area contributed by atoms with Crippen molar-refractivity contribution >= 4 is 12.1 Å². The standard InChI is InChI=1S/C29H32N2O6/c1-29(2,3)37-28(35)31(18-26(32)21-7-5-13-30-17-21)23-11-9-19-10-12-25(16-22(19)14-23)36-24-8-4-6-20(15-24)27(33)34/h4-8,10,12-13,15-17,23,26,32H,9,11,14,18H2,1-3H3,(H,33,34)/t23-,26+/m0/s1. The molecule has 0 saturated carbocycles. The zero-order valence-corrected chi connectivity index (χ0v) is 21.3. The fourth-order valence-corrected chi connectivity index (χ4v) is 4.43. The summed E-state index contributed by atoms with van der Waals surface area (Å²) in [5, 5.41) is 20.1. The number of pyridine rings is 1. The van der Waals surface area contributed by atoms with Crippen LogP contribution in [0.3, 0.4) is 0 Å². The first-order valence-corrected chi connectivity index (χ1v) is 12.3. The van der Waals surface area contributed by atoms with Crippen LogP contribution < -0.4 is 4.74 Å². The molecular weight excluding hydrogens is 472 g/mol. The first kappa shape index (κ1) is 26.2. The lowest BCUT2D eigenvalue weighted by Gasteiger charge is -2.37. The summed E-state index contributed by atoms with van der Waals surface area (Å²) in [6, 6.07) is 15.5. The van der Waals surface area contributed by atoms with Crippen LogP contribution in [-0.4, -0.2) is 50.3 Å². The molecule has 0 fully saturated rings. The molecule has 2 aromatic carbocycles. The van der Waals surface area contributed by atoms with Gasteiger partial charge >= 0.3 is 12.1 Å². The Labute approximate surface area is 216 Å². The van der Waals surface area contributed by atoms with Crippen LogP contribution in [0.1, 0.15) is 60.3 Å². The summed E-state index contributed by atoms with van der Waals surface area (Å²) >= 11 is 0. The minimum Gasteiger partial charge on any atom is -0.478 e. The number of aromatic nitrogens is 1. The van der Waals surface area contributed by atoms with Gasteiger partial charge in [0.1, 0.15) is 17.1 Å². The predicted octanol–water partition coefficient (Wildman–Crippen LogP) is 5.40. The monoisotopic (exact) mass is 504 g/mol. The van der Waals surface area contributed by atoms with Gasteiger partial charge in [-0.3, -0.25) is 4.98 Å². The van der Waals surface area contributed by atoms with Crippen LogP contribution in [0.15, 0.2) is 67.0 Å². The molecule has 1 aromatic heterocycles. The van der Waals surface area contributed by atoms with Gasteiger partial charge in [-0.15, -0.1) is 0 Å². The van der Waals surface area contributed by atoms with Gasteiger partial charge in [-0.25, -0.2) is 9.59 Å². The number of aliphatic hydroxyl groups excluding tert-OH is 1. The van der Waals surface area contributed by atoms with E-state index < -0.39 is 23.8 Å². The second-order valence-corrected chi connectivity index (χ2v) is 10.2. The Balaban J connectivity index is 1.55. The van der Waals surface area contributed by atoms with Gasteiger partial charge in [-0.05, 0) is 87.6 Å². The topological polar surface area (TPSA) is 109 Å². The maximum absolute atomic E-state index is 13.2. The highest BCUT2D eigenvalue weighted by molar-refractivity contribution is 5.88. The van der Waals surface area contributed by atoms with E-state index in [0.29, 0.717) is 23.5 Å². The van der Waals surface area contributed by atoms with E-state index in [9.17, 15) is 19.8 Å². The van der Waals surface area contributed by atoms with E-state index >= 15 is 0 Å². The number of fused-ring (bicyclic) bond motifs is 1. The van der Waals surface area contributed by atoms with E-state index in [2.05, 4.69) is 4.98 Å². The summed E-state index contributed by atoms with van der Waals surface area (Å²) in [5.74, 6) is -0.00206. The Morgan fingerprint density at radius 1 is 1.08 bits per heavy atom. The Bertz CT molecular complexity index is 1250. The third kappa shape index (κ3) is 6.86. The predicted molar refractivity (Wildman–Crippen MR) is 138 cm³/mol. The number of amides is 1. The number of carbonyl (C=O) groups excluding carboxylic acids is 1. The number of rotatable bonds is 7. The van der Waals surface area contributed by atoms with Crippen LogP contribution in [0.4, 0.5) is 4.79 Å². The fourth-order valence-electron chi connectivity index (χ4n) is 4.43. The zero-order valence-electron chi connectivity index (χ0n) is 21.3. The molecule has 1 aliphatic carbocycles. The molecule has 8 nitrogen and oxygen atoms in total. The number of hydrogen-bond donors (Lipinski definition) is 2. The molecule has 0 unspecified atom stereocenters. The molecule has 4 rings (SSSR count). The molecule has 8 heteroatoms. The molecule has 0 aliphatic heterocycles. The van der Waals surface area contributed by atoms with Crippen LogP contribution in [0.5, 0.6) is 11.5 Å². The minimum absolute atomic E-state index is 0.0821. The van der Waals surface area contributed by atoms with Gasteiger partial charge < -0.3 is 24.6 Å². The Kier molecular flexibility index (Phi) is 7.78. The number of benzene rings is 2. The highest BCUT2D eigenvalue weighted by Crippen LogP contribution is 2.32. The third-order valence-electron chi connectivity index (χ3n) is 6.20. The quantitative estimate of drug-likeness (QED) is 0.443. The van der Waals surface area contributed by atoms with Crippen molar-refractivity contribution in [3.05, 3.63) is 89.2 Å². The van der Waals surface area contributed by atoms with Crippen molar-refractivity contribution in [2.24, 2.45) is 0 Å². The molecule has 0 radical (unpaired) electrons. The SMILES string of the molecule is CC(C)(C)OC(=O)N(C[C@@H](O)c1cccnc1)[C@H]1CCc2ccc(Oc3cccc(C(=O)O)c3)cc2C1. The summed E-state index contributed by atoms with van der Waals surface area (Å²) in [6.45, 7) is 5.54. The first-order valence-electron chi connectivity index (χ1n) is 12.3. The average molecular weight is 505 g/mol. The van der Waals surface area contributed by atoms with E-state index in [-0.39, 0.29) is 18.2 Å². The normalized spacial score (nSPS) is 15.8. The zero-order chi connectivity index (χ0) is 26.6. The number of carbonyl (C=O) groups is 2. The van der Waals surface area contributed by atoms with E-state index in [1.165, 1.54) is 17.7 Å². The van der Waals surface area contributed by atoms with Gasteiger partial charge in [-0.2, -0.15) is 0 Å². The molecule has 1 aliphatic rings. The molecular formula is C29H32N2O6. The maximum atomic E-state index is 13.2. The summed E-state index contributed by atoms with van der Waals surface area (Å²) in [4.78, 5) is 30.2. The van der Waals surface area contributed by atoms with Crippen molar-refractivity contribution in [2.75, 3.05) is 6.54 Å². The minimum atomic E-state index is -1.02. The summed E-state index contributed by atoms with van der Waals surface area (Å²) < 4.78 is 11.6. The van der Waals surface area contributed by atoms with Gasteiger partial charge in [-0.1, -0.05) is 18.2 Å². The second-order valence-electron chi connectivity index (χ2n) is 10.2. The van der Waals surface area contributed by atoms with Gasteiger partial charge in [0.25, 0.3) is 0 Å². The number of ether oxygens (including phenoxy) is 2. The van der Waals surface area contributed by atoms with Crippen molar-refractivity contribution in [1.82, 2.24) is 9.88 Å². The highest BCUT2D eigenvalue weighted by Gasteiger charge is 2.33. The van der Waals surface area contributed by atoms with Crippen molar-refractivity contribution in [2.45, 2.75) is 57.8 Å². The van der Waals surface area contributed by atoms with Crippen LogP contribution >= 0.6 is 0 Å². The highest BCUT2D eigenvalue weighted by atomic mass is 16.6. The number of carboxylic acid groups (broad SMARTS) is 1. The second kappa shape index (κ2) is 11.0. The number of aliphatic hydroxyl groups is 1. The summed E-state index contributed by atoms with van der Waals surface area (Å²) in [6.07, 6.45) is 3.92. The molecule has 2 atom stereocenters. The molecule has 0 spiro atoms. The third-order valence-corrected chi connectivity index (χ3v) is 6.20. The van der Waals surface area contributed by atoms with Crippen LogP contribution in [0, 0.1) is 0 Å². The molecule has 1 amide bonds.